The number of alkyl halides is 9. The summed E-state index contributed by atoms with van der Waals surface area (Å²) in [5, 5.41) is 25.0. The third-order valence-corrected chi connectivity index (χ3v) is 10.1. The first-order valence-electron chi connectivity index (χ1n) is 23.1. The van der Waals surface area contributed by atoms with Crippen LogP contribution in [0.15, 0.2) is 86.4 Å². The number of anilines is 2. The van der Waals surface area contributed by atoms with E-state index in [2.05, 4.69) is 50.6 Å². The van der Waals surface area contributed by atoms with Crippen LogP contribution in [-0.4, -0.2) is 69.9 Å². The summed E-state index contributed by atoms with van der Waals surface area (Å²) in [5.74, 6) is -0.382. The maximum Gasteiger partial charge on any atom is 1.00 e. The molecule has 0 fully saturated rings. The second-order valence-electron chi connectivity index (χ2n) is 19.1. The number of carboxylic acids is 1. The van der Waals surface area contributed by atoms with Crippen molar-refractivity contribution in [2.75, 3.05) is 11.5 Å². The molecule has 2 amide bonds. The van der Waals surface area contributed by atoms with Gasteiger partial charge in [0.05, 0.1) is 62.2 Å². The molecule has 5 aromatic heterocycles. The number of fused-ring (bicyclic) bond motifs is 2. The molecule has 3 atom stereocenters. The summed E-state index contributed by atoms with van der Waals surface area (Å²) in [5.41, 5.74) is 15.2. The molecule has 0 aliphatic carbocycles. The Bertz CT molecular complexity index is 3400. The van der Waals surface area contributed by atoms with Crippen molar-refractivity contribution in [2.24, 2.45) is 5.73 Å². The molecule has 428 valence electrons. The van der Waals surface area contributed by atoms with E-state index in [0.717, 1.165) is 42.5 Å². The maximum atomic E-state index is 12.8. The number of ether oxygens (including phenoxy) is 2. The molecular weight excluding hydrogens is 1160 g/mol. The summed E-state index contributed by atoms with van der Waals surface area (Å²) in [6, 6.07) is 12.5. The van der Waals surface area contributed by atoms with Crippen molar-refractivity contribution in [2.45, 2.75) is 110 Å². The Morgan fingerprint density at radius 3 is 1.31 bits per heavy atom. The molecule has 0 aliphatic rings. The van der Waals surface area contributed by atoms with E-state index in [1.165, 1.54) is 18.2 Å². The third kappa shape index (κ3) is 19.1. The summed E-state index contributed by atoms with van der Waals surface area (Å²) >= 11 is 0. The number of carbonyl (C=O) groups is 3. The molecule has 0 saturated heterocycles. The van der Waals surface area contributed by atoms with Gasteiger partial charge in [-0.1, -0.05) is 15.5 Å². The summed E-state index contributed by atoms with van der Waals surface area (Å²) in [7, 11) is 0. The van der Waals surface area contributed by atoms with Gasteiger partial charge in [-0.15, -0.1) is 0 Å². The number of aromatic carboxylic acids is 1. The predicted octanol–water partition coefficient (Wildman–Crippen LogP) is 9.02. The van der Waals surface area contributed by atoms with Crippen LogP contribution in [0.25, 0.3) is 45.2 Å². The van der Waals surface area contributed by atoms with Crippen molar-refractivity contribution < 1.29 is 142 Å². The van der Waals surface area contributed by atoms with Crippen molar-refractivity contribution in [3.05, 3.63) is 112 Å². The van der Waals surface area contributed by atoms with Gasteiger partial charge in [0.1, 0.15) is 28.3 Å². The van der Waals surface area contributed by atoms with E-state index < -0.39 is 76.7 Å². The number of alkyl carbamates (subject to hydrolysis) is 2. The molecule has 0 radical (unpaired) electrons. The van der Waals surface area contributed by atoms with Gasteiger partial charge in [0.25, 0.3) is 0 Å². The third-order valence-electron chi connectivity index (χ3n) is 10.1. The van der Waals surface area contributed by atoms with E-state index in [1.54, 1.807) is 74.4 Å². The van der Waals surface area contributed by atoms with Crippen LogP contribution in [0, 0.1) is 0 Å². The Morgan fingerprint density at radius 2 is 0.950 bits per heavy atom. The number of H-pyrrole nitrogens is 2. The normalized spacial score (nSPS) is 13.0. The molecular formula is C49H54F9N12O9Rb. The minimum absolute atomic E-state index is 0. The number of benzene rings is 3. The summed E-state index contributed by atoms with van der Waals surface area (Å²) in [6.07, 6.45) is -14.4. The molecule has 0 aliphatic heterocycles. The number of aromatic amines is 2. The number of hydrogen-bond donors (Lipinski definition) is 8. The predicted molar refractivity (Wildman–Crippen MR) is 266 cm³/mol. The van der Waals surface area contributed by atoms with Gasteiger partial charge in [-0.05, 0) is 117 Å². The Balaban J connectivity index is 0.000000292. The van der Waals surface area contributed by atoms with Crippen LogP contribution in [0.1, 0.15) is 126 Å². The van der Waals surface area contributed by atoms with E-state index in [9.17, 15) is 53.9 Å². The average Bonchev–Trinajstić information content (AvgIpc) is 4.17. The zero-order valence-electron chi connectivity index (χ0n) is 45.2. The van der Waals surface area contributed by atoms with Crippen molar-refractivity contribution in [3.8, 4) is 23.2 Å². The zero-order valence-corrected chi connectivity index (χ0v) is 49.2. The molecule has 31 heteroatoms. The van der Waals surface area contributed by atoms with Crippen LogP contribution >= 0.6 is 0 Å². The van der Waals surface area contributed by atoms with Crippen molar-refractivity contribution >= 4 is 51.6 Å². The number of nitrogens with two attached hydrogens (primary N) is 3. The van der Waals surface area contributed by atoms with E-state index >= 15 is 0 Å². The Kier molecular flexibility index (Phi) is 21.3. The van der Waals surface area contributed by atoms with Gasteiger partial charge in [0.2, 0.25) is 17.3 Å². The van der Waals surface area contributed by atoms with Gasteiger partial charge in [-0.3, -0.25) is 0 Å². The fourth-order valence-electron chi connectivity index (χ4n) is 6.29. The number of aromatic nitrogens is 7. The minimum Gasteiger partial charge on any atom is -1.00 e. The topological polar surface area (TPSA) is 327 Å². The monoisotopic (exact) mass is 1210 g/mol. The summed E-state index contributed by atoms with van der Waals surface area (Å²) < 4.78 is 138. The fraction of sp³-hybridized carbons (Fsp3) is 0.347. The largest absolute Gasteiger partial charge is 1.00 e. The van der Waals surface area contributed by atoms with Crippen molar-refractivity contribution in [3.63, 3.8) is 0 Å². The number of halogens is 9. The molecule has 3 aromatic carbocycles. The first-order chi connectivity index (χ1) is 36.4. The number of nitrogens with zero attached hydrogens (tertiary/aromatic N) is 5. The molecule has 11 N–H and O–H groups in total. The number of nitrogen functional groups attached to an aromatic ring is 2. The Morgan fingerprint density at radius 1 is 0.575 bits per heavy atom. The molecule has 5 heterocycles. The molecule has 0 spiro atoms. The molecule has 8 rings (SSSR count). The molecule has 0 bridgehead atoms. The number of amides is 2. The van der Waals surface area contributed by atoms with Gasteiger partial charge in [0.15, 0.2) is 11.6 Å². The van der Waals surface area contributed by atoms with E-state index in [-0.39, 0.29) is 105 Å². The van der Waals surface area contributed by atoms with Crippen LogP contribution in [0.2, 0.25) is 0 Å². The Hall–Kier alpha value is -7.02. The quantitative estimate of drug-likeness (QED) is 0.0519. The number of nitrogens with one attached hydrogen (secondary N) is 4. The van der Waals surface area contributed by atoms with E-state index in [0.29, 0.717) is 39.7 Å². The molecule has 80 heavy (non-hydrogen) atoms. The summed E-state index contributed by atoms with van der Waals surface area (Å²) in [6.45, 7) is 15.6. The van der Waals surface area contributed by atoms with Gasteiger partial charge in [-0.25, -0.2) is 24.4 Å². The van der Waals surface area contributed by atoms with Crippen LogP contribution < -0.4 is 86.0 Å². The standard InChI is InChI=1S/C18H19F3N4O3.C13H11F3N4O.C11H16N2O5.C7H7F3N2.Rb.H/c1-9(22-16(26)27-17(2,3)4)12-8-14(28-25-12)15-23-11-6-5-10(18(19,20)21)7-13(11)24-15;1-6(17)9-5-11(21-20-9)12-18-8-3-2-7(13(14,15)16)4-10(8)19-12;1-6(12-10(16)17-11(2,3)4)7-5-8(9(14)15)18-13-7;8-7(9,10)4-1-2-5(11)6(12)3-4;;/h5-9H,1-4H3,(H,22,26)(H,23,24);2-6H,17H2,1H3,(H,18,19);5-6H,1-4H3,(H,12,16)(H,14,15);1-3H,11-12H2;;/q;;;;+1;-1/t9-;2*6-;;;/m000.../s1. The van der Waals surface area contributed by atoms with Gasteiger partial charge >= 0.3 is 94.9 Å². The van der Waals surface area contributed by atoms with Crippen LogP contribution in [0.4, 0.5) is 60.5 Å². The molecule has 0 unspecified atom stereocenters. The van der Waals surface area contributed by atoms with Gasteiger partial charge in [0, 0.05) is 24.2 Å². The van der Waals surface area contributed by atoms with E-state index in [4.69, 9.17) is 40.8 Å². The number of rotatable bonds is 8. The van der Waals surface area contributed by atoms with Gasteiger partial charge < -0.3 is 67.4 Å². The fourth-order valence-corrected chi connectivity index (χ4v) is 6.29. The Labute approximate surface area is 498 Å². The number of carboxylic acid groups (broad SMARTS) is 1. The number of carbonyl (C=O) groups excluding carboxylic acids is 2. The maximum absolute atomic E-state index is 12.8. The first-order valence-corrected chi connectivity index (χ1v) is 23.1. The van der Waals surface area contributed by atoms with Crippen molar-refractivity contribution in [1.82, 2.24) is 46.0 Å². The first kappa shape index (κ1) is 65.5. The molecule has 8 aromatic rings. The minimum atomic E-state index is -4.44. The average molecular weight is 1210 g/mol. The SMILES string of the molecule is C[C@H](N)c1cc(-c2nc3ccc(C(F)(F)F)cc3[nH]2)on1.C[C@H](NC(=O)OC(C)(C)C)c1cc(-c2nc3ccc(C(F)(F)F)cc3[nH]2)on1.C[C@H](NC(=O)OC(C)(C)C)c1cc(C(=O)O)on1.Nc1ccc(C(F)(F)F)cc1N.[H-].[Rb+]. The van der Waals surface area contributed by atoms with Crippen LogP contribution in [-0.2, 0) is 28.0 Å². The zero-order chi connectivity index (χ0) is 59.2. The smallest absolute Gasteiger partial charge is 1.00 e. The van der Waals surface area contributed by atoms with E-state index in [1.807, 2.05) is 0 Å². The van der Waals surface area contributed by atoms with Gasteiger partial charge in [-0.2, -0.15) is 39.5 Å². The second-order valence-corrected chi connectivity index (χ2v) is 19.1. The number of imidazole rings is 2. The van der Waals surface area contributed by atoms with Crippen molar-refractivity contribution in [1.29, 1.82) is 0 Å². The number of hydrogen-bond acceptors (Lipinski definition) is 16. The van der Waals surface area contributed by atoms with Crippen LogP contribution in [0.5, 0.6) is 0 Å². The second kappa shape index (κ2) is 26.1. The summed E-state index contributed by atoms with van der Waals surface area (Å²) in [4.78, 5) is 47.9. The molecule has 21 nitrogen and oxygen atoms in total. The van der Waals surface area contributed by atoms with Crippen LogP contribution in [0.3, 0.4) is 0 Å². The molecule has 0 saturated carbocycles.